The number of nitrogens with one attached hydrogen (secondary N) is 1. The number of hydrogen-bond acceptors (Lipinski definition) is 3. The maximum atomic E-state index is 12.9. The monoisotopic (exact) mass is 225 g/mol. The van der Waals surface area contributed by atoms with Crippen molar-refractivity contribution in [3.05, 3.63) is 29.6 Å². The summed E-state index contributed by atoms with van der Waals surface area (Å²) in [6.07, 6.45) is 4.88. The molecule has 0 radical (unpaired) electrons. The van der Waals surface area contributed by atoms with Gasteiger partial charge in [-0.05, 0) is 30.5 Å². The Morgan fingerprint density at radius 2 is 2.06 bits per heavy atom. The van der Waals surface area contributed by atoms with Crippen molar-refractivity contribution >= 4 is 0 Å². The highest BCUT2D eigenvalue weighted by Crippen LogP contribution is 2.20. The van der Waals surface area contributed by atoms with E-state index >= 15 is 0 Å². The molecule has 1 aromatic rings. The summed E-state index contributed by atoms with van der Waals surface area (Å²) in [6, 6.07) is 3.99. The van der Waals surface area contributed by atoms with Gasteiger partial charge in [0.15, 0.2) is 0 Å². The normalized spacial score (nSPS) is 16.8. The zero-order valence-electron chi connectivity index (χ0n) is 9.08. The number of phenols is 1. The zero-order valence-corrected chi connectivity index (χ0v) is 9.08. The minimum atomic E-state index is -0.433. The van der Waals surface area contributed by atoms with E-state index in [1.807, 2.05) is 0 Å². The van der Waals surface area contributed by atoms with Crippen LogP contribution in [0.25, 0.3) is 0 Å². The first-order valence-electron chi connectivity index (χ1n) is 5.61. The van der Waals surface area contributed by atoms with E-state index in [-0.39, 0.29) is 11.9 Å². The zero-order chi connectivity index (χ0) is 11.4. The molecule has 0 aromatic heterocycles. The van der Waals surface area contributed by atoms with Crippen LogP contribution in [0.15, 0.2) is 18.2 Å². The molecular weight excluding hydrogens is 209 g/mol. The van der Waals surface area contributed by atoms with Crippen molar-refractivity contribution in [2.45, 2.75) is 38.3 Å². The summed E-state index contributed by atoms with van der Waals surface area (Å²) in [4.78, 5) is 5.43. The lowest BCUT2D eigenvalue weighted by Gasteiger charge is -2.11. The third-order valence-electron chi connectivity index (χ3n) is 2.77. The van der Waals surface area contributed by atoms with Gasteiger partial charge in [-0.15, -0.1) is 0 Å². The van der Waals surface area contributed by atoms with Gasteiger partial charge in [0.05, 0.1) is 6.10 Å². The molecule has 0 bridgehead atoms. The molecule has 1 aromatic carbocycles. The minimum absolute atomic E-state index is 0.0577. The molecule has 2 N–H and O–H groups in total. The highest BCUT2D eigenvalue weighted by Gasteiger charge is 2.15. The molecule has 0 atom stereocenters. The van der Waals surface area contributed by atoms with Crippen molar-refractivity contribution in [2.24, 2.45) is 0 Å². The average molecular weight is 225 g/mol. The van der Waals surface area contributed by atoms with Gasteiger partial charge < -0.3 is 5.11 Å². The first-order valence-corrected chi connectivity index (χ1v) is 5.61. The van der Waals surface area contributed by atoms with Crippen LogP contribution in [0, 0.1) is 5.82 Å². The number of rotatable bonds is 4. The van der Waals surface area contributed by atoms with E-state index < -0.39 is 5.82 Å². The summed E-state index contributed by atoms with van der Waals surface area (Å²) in [7, 11) is 0. The van der Waals surface area contributed by atoms with Crippen molar-refractivity contribution in [3.63, 3.8) is 0 Å². The molecule has 3 nitrogen and oxygen atoms in total. The Kier molecular flexibility index (Phi) is 3.74. The molecule has 88 valence electrons. The SMILES string of the molecule is Oc1cc(F)cc(CNOC2CCCC2)c1. The molecule has 1 aliphatic rings. The molecule has 16 heavy (non-hydrogen) atoms. The number of hydrogen-bond donors (Lipinski definition) is 2. The quantitative estimate of drug-likeness (QED) is 0.773. The van der Waals surface area contributed by atoms with Crippen LogP contribution in [0.4, 0.5) is 4.39 Å². The summed E-state index contributed by atoms with van der Waals surface area (Å²) in [5.74, 6) is -0.490. The summed E-state index contributed by atoms with van der Waals surface area (Å²) >= 11 is 0. The first-order chi connectivity index (χ1) is 7.74. The van der Waals surface area contributed by atoms with Crippen molar-refractivity contribution in [3.8, 4) is 5.75 Å². The largest absolute Gasteiger partial charge is 0.508 e. The Balaban J connectivity index is 1.80. The molecule has 1 fully saturated rings. The van der Waals surface area contributed by atoms with E-state index in [4.69, 9.17) is 4.84 Å². The fourth-order valence-corrected chi connectivity index (χ4v) is 1.98. The van der Waals surface area contributed by atoms with Crippen LogP contribution in [0.3, 0.4) is 0 Å². The van der Waals surface area contributed by atoms with Crippen LogP contribution in [-0.4, -0.2) is 11.2 Å². The van der Waals surface area contributed by atoms with Gasteiger partial charge >= 0.3 is 0 Å². The third kappa shape index (κ3) is 3.18. The van der Waals surface area contributed by atoms with Crippen LogP contribution in [0.5, 0.6) is 5.75 Å². The number of benzene rings is 1. The maximum Gasteiger partial charge on any atom is 0.127 e. The molecule has 0 saturated heterocycles. The molecule has 4 heteroatoms. The summed E-state index contributed by atoms with van der Waals surface area (Å²) < 4.78 is 12.9. The lowest BCUT2D eigenvalue weighted by Crippen LogP contribution is -2.21. The number of phenolic OH excluding ortho intramolecular Hbond substituents is 1. The summed E-state index contributed by atoms with van der Waals surface area (Å²) in [5.41, 5.74) is 3.50. The van der Waals surface area contributed by atoms with Crippen LogP contribution in [0.1, 0.15) is 31.2 Å². The molecule has 0 spiro atoms. The highest BCUT2D eigenvalue weighted by molar-refractivity contribution is 5.28. The highest BCUT2D eigenvalue weighted by atomic mass is 19.1. The topological polar surface area (TPSA) is 41.5 Å². The van der Waals surface area contributed by atoms with Crippen molar-refractivity contribution in [2.75, 3.05) is 0 Å². The van der Waals surface area contributed by atoms with E-state index in [2.05, 4.69) is 5.48 Å². The molecule has 0 aliphatic heterocycles. The fraction of sp³-hybridized carbons (Fsp3) is 0.500. The summed E-state index contributed by atoms with van der Waals surface area (Å²) in [6.45, 7) is 0.405. The fourth-order valence-electron chi connectivity index (χ4n) is 1.98. The van der Waals surface area contributed by atoms with Gasteiger partial charge in [-0.2, -0.15) is 5.48 Å². The standard InChI is InChI=1S/C12H16FNO2/c13-10-5-9(6-11(15)7-10)8-14-16-12-3-1-2-4-12/h5-7,12,14-15H,1-4,8H2. The number of aromatic hydroxyl groups is 1. The Hall–Kier alpha value is -1.13. The van der Waals surface area contributed by atoms with Crippen LogP contribution < -0.4 is 5.48 Å². The first kappa shape index (κ1) is 11.4. The van der Waals surface area contributed by atoms with Gasteiger partial charge in [0.25, 0.3) is 0 Å². The second-order valence-electron chi connectivity index (χ2n) is 4.16. The average Bonchev–Trinajstić information content (AvgIpc) is 2.69. The smallest absolute Gasteiger partial charge is 0.127 e. The lowest BCUT2D eigenvalue weighted by molar-refractivity contribution is -0.0244. The lowest BCUT2D eigenvalue weighted by atomic mass is 10.2. The van der Waals surface area contributed by atoms with E-state index in [9.17, 15) is 9.50 Å². The molecule has 0 amide bonds. The van der Waals surface area contributed by atoms with Crippen LogP contribution >= 0.6 is 0 Å². The second-order valence-corrected chi connectivity index (χ2v) is 4.16. The molecule has 0 heterocycles. The third-order valence-corrected chi connectivity index (χ3v) is 2.77. The van der Waals surface area contributed by atoms with Gasteiger partial charge in [-0.1, -0.05) is 12.8 Å². The Morgan fingerprint density at radius 1 is 1.31 bits per heavy atom. The van der Waals surface area contributed by atoms with Gasteiger partial charge in [0.1, 0.15) is 11.6 Å². The Morgan fingerprint density at radius 3 is 2.75 bits per heavy atom. The van der Waals surface area contributed by atoms with E-state index in [0.29, 0.717) is 12.1 Å². The second kappa shape index (κ2) is 5.27. The minimum Gasteiger partial charge on any atom is -0.508 e. The van der Waals surface area contributed by atoms with Gasteiger partial charge in [-0.25, -0.2) is 4.39 Å². The Labute approximate surface area is 94.2 Å². The molecule has 1 saturated carbocycles. The Bertz CT molecular complexity index is 331. The molecule has 1 aliphatic carbocycles. The predicted octanol–water partition coefficient (Wildman–Crippen LogP) is 2.50. The predicted molar refractivity (Wildman–Crippen MR) is 58.2 cm³/mol. The van der Waals surface area contributed by atoms with E-state index in [0.717, 1.165) is 18.9 Å². The van der Waals surface area contributed by atoms with Crippen LogP contribution in [0.2, 0.25) is 0 Å². The van der Waals surface area contributed by atoms with Crippen molar-refractivity contribution in [1.82, 2.24) is 5.48 Å². The number of hydroxylamine groups is 1. The van der Waals surface area contributed by atoms with Gasteiger partial charge in [0, 0.05) is 12.6 Å². The van der Waals surface area contributed by atoms with Crippen LogP contribution in [-0.2, 0) is 11.4 Å². The number of halogens is 1. The molecule has 0 unspecified atom stereocenters. The molecule has 2 rings (SSSR count). The van der Waals surface area contributed by atoms with Gasteiger partial charge in [-0.3, -0.25) is 4.84 Å². The van der Waals surface area contributed by atoms with E-state index in [1.54, 1.807) is 0 Å². The molecular formula is C12H16FNO2. The van der Waals surface area contributed by atoms with Gasteiger partial charge in [0.2, 0.25) is 0 Å². The van der Waals surface area contributed by atoms with E-state index in [1.165, 1.54) is 25.0 Å². The van der Waals surface area contributed by atoms with Crippen molar-refractivity contribution < 1.29 is 14.3 Å². The summed E-state index contributed by atoms with van der Waals surface area (Å²) in [5, 5.41) is 9.20. The van der Waals surface area contributed by atoms with Crippen molar-refractivity contribution in [1.29, 1.82) is 0 Å². The maximum absolute atomic E-state index is 12.9.